The van der Waals surface area contributed by atoms with Gasteiger partial charge in [-0.3, -0.25) is 14.7 Å². The van der Waals surface area contributed by atoms with Crippen LogP contribution >= 0.6 is 34.8 Å². The van der Waals surface area contributed by atoms with Gasteiger partial charge >= 0.3 is 0 Å². The number of piperidine rings is 1. The number of hydrogen-bond donors (Lipinski definition) is 1. The Balaban J connectivity index is 1.57. The van der Waals surface area contributed by atoms with E-state index in [2.05, 4.69) is 34.5 Å². The predicted octanol–water partition coefficient (Wildman–Crippen LogP) is 6.50. The van der Waals surface area contributed by atoms with Gasteiger partial charge in [0.25, 0.3) is 9.70 Å². The Morgan fingerprint density at radius 1 is 0.882 bits per heavy atom. The molecule has 3 aromatic carbocycles. The van der Waals surface area contributed by atoms with Crippen LogP contribution in [0.2, 0.25) is 0 Å². The highest BCUT2D eigenvalue weighted by Gasteiger charge is 2.31. The Morgan fingerprint density at radius 3 is 2.12 bits per heavy atom. The van der Waals surface area contributed by atoms with E-state index in [0.717, 1.165) is 49.3 Å². The SMILES string of the molecule is O=C(Nc1ccccc1C(=NC1CCN(Cc2ccccc2)CC1)c1ccccc1)C(Cl)(Cl)Cl. The third kappa shape index (κ3) is 6.61. The van der Waals surface area contributed by atoms with Gasteiger partial charge in [-0.25, -0.2) is 0 Å². The molecule has 1 heterocycles. The molecule has 0 aromatic heterocycles. The van der Waals surface area contributed by atoms with E-state index in [4.69, 9.17) is 39.8 Å². The first-order chi connectivity index (χ1) is 16.4. The second-order valence-electron chi connectivity index (χ2n) is 8.33. The van der Waals surface area contributed by atoms with Gasteiger partial charge in [0.2, 0.25) is 0 Å². The number of carbonyl (C=O) groups is 1. The fourth-order valence-electron chi connectivity index (χ4n) is 4.12. The van der Waals surface area contributed by atoms with Gasteiger partial charge in [-0.1, -0.05) is 114 Å². The Kier molecular flexibility index (Phi) is 8.28. The molecule has 3 aromatic rings. The van der Waals surface area contributed by atoms with E-state index in [1.807, 2.05) is 54.6 Å². The van der Waals surface area contributed by atoms with Gasteiger partial charge in [0.05, 0.1) is 17.4 Å². The second-order valence-corrected chi connectivity index (χ2v) is 10.6. The van der Waals surface area contributed by atoms with Gasteiger partial charge in [-0.2, -0.15) is 0 Å². The third-order valence-corrected chi connectivity index (χ3v) is 6.37. The highest BCUT2D eigenvalue weighted by Crippen LogP contribution is 2.30. The Morgan fingerprint density at radius 2 is 1.47 bits per heavy atom. The number of nitrogens with zero attached hydrogens (tertiary/aromatic N) is 2. The molecule has 1 aliphatic heterocycles. The first-order valence-electron chi connectivity index (χ1n) is 11.3. The molecule has 1 aliphatic rings. The summed E-state index contributed by atoms with van der Waals surface area (Å²) in [5.74, 6) is -0.702. The first kappa shape index (κ1) is 24.7. The number of carbonyl (C=O) groups excluding carboxylic acids is 1. The summed E-state index contributed by atoms with van der Waals surface area (Å²) in [4.78, 5) is 20.0. The number of likely N-dealkylation sites (tertiary alicyclic amines) is 1. The number of nitrogens with one attached hydrogen (secondary N) is 1. The maximum Gasteiger partial charge on any atom is 0.276 e. The largest absolute Gasteiger partial charge is 0.322 e. The summed E-state index contributed by atoms with van der Waals surface area (Å²) in [5, 5.41) is 2.75. The zero-order chi connectivity index (χ0) is 24.0. The van der Waals surface area contributed by atoms with E-state index < -0.39 is 9.70 Å². The predicted molar refractivity (Wildman–Crippen MR) is 142 cm³/mol. The molecule has 1 amide bonds. The van der Waals surface area contributed by atoms with Crippen LogP contribution in [0.5, 0.6) is 0 Å². The minimum atomic E-state index is -2.05. The number of aliphatic imine (C=N–C) groups is 1. The van der Waals surface area contributed by atoms with Crippen LogP contribution in [0, 0.1) is 0 Å². The molecule has 0 spiro atoms. The molecule has 0 unspecified atom stereocenters. The average molecular weight is 515 g/mol. The second kappa shape index (κ2) is 11.4. The monoisotopic (exact) mass is 513 g/mol. The quantitative estimate of drug-likeness (QED) is 0.301. The maximum absolute atomic E-state index is 12.4. The molecular formula is C27H26Cl3N3O. The van der Waals surface area contributed by atoms with E-state index in [9.17, 15) is 4.79 Å². The molecule has 7 heteroatoms. The van der Waals surface area contributed by atoms with Crippen LogP contribution in [0.15, 0.2) is 89.9 Å². The summed E-state index contributed by atoms with van der Waals surface area (Å²) >= 11 is 17.4. The zero-order valence-electron chi connectivity index (χ0n) is 18.6. The van der Waals surface area contributed by atoms with Crippen molar-refractivity contribution in [1.29, 1.82) is 0 Å². The molecule has 176 valence electrons. The average Bonchev–Trinajstić information content (AvgIpc) is 2.85. The van der Waals surface area contributed by atoms with Crippen molar-refractivity contribution in [2.45, 2.75) is 29.2 Å². The van der Waals surface area contributed by atoms with Gasteiger partial charge in [0, 0.05) is 30.8 Å². The number of alkyl halides is 3. The van der Waals surface area contributed by atoms with Gasteiger partial charge < -0.3 is 5.32 Å². The fraction of sp³-hybridized carbons (Fsp3) is 0.259. The van der Waals surface area contributed by atoms with Crippen LogP contribution in [0.1, 0.15) is 29.5 Å². The number of para-hydroxylation sites is 1. The van der Waals surface area contributed by atoms with Crippen molar-refractivity contribution in [3.8, 4) is 0 Å². The Labute approximate surface area is 215 Å². The number of anilines is 1. The summed E-state index contributed by atoms with van der Waals surface area (Å²) in [6.07, 6.45) is 1.93. The zero-order valence-corrected chi connectivity index (χ0v) is 20.9. The summed E-state index contributed by atoms with van der Waals surface area (Å²) in [6.45, 7) is 2.92. The highest BCUT2D eigenvalue weighted by atomic mass is 35.6. The van der Waals surface area contributed by atoms with E-state index in [1.165, 1.54) is 5.56 Å². The van der Waals surface area contributed by atoms with Crippen LogP contribution in [-0.2, 0) is 11.3 Å². The standard InChI is InChI=1S/C27H26Cl3N3O/c28-27(29,30)26(34)32-24-14-8-7-13-23(24)25(21-11-5-2-6-12-21)31-22-15-17-33(18-16-22)19-20-9-3-1-4-10-20/h1-14,22H,15-19H2,(H,32,34). The summed E-state index contributed by atoms with van der Waals surface area (Å²) < 4.78 is -2.05. The molecule has 1 fully saturated rings. The van der Waals surface area contributed by atoms with Gasteiger partial charge in [0.1, 0.15) is 0 Å². The van der Waals surface area contributed by atoms with Crippen molar-refractivity contribution in [1.82, 2.24) is 4.90 Å². The highest BCUT2D eigenvalue weighted by molar-refractivity contribution is 6.76. The van der Waals surface area contributed by atoms with Crippen molar-refractivity contribution in [2.24, 2.45) is 4.99 Å². The summed E-state index contributed by atoms with van der Waals surface area (Å²) in [5.41, 5.74) is 4.48. The lowest BCUT2D eigenvalue weighted by atomic mass is 9.98. The molecule has 4 rings (SSSR count). The molecule has 4 nitrogen and oxygen atoms in total. The van der Waals surface area contributed by atoms with Gasteiger partial charge in [-0.15, -0.1) is 0 Å². The van der Waals surface area contributed by atoms with Crippen molar-refractivity contribution >= 4 is 52.1 Å². The fourth-order valence-corrected chi connectivity index (χ4v) is 4.26. The molecule has 0 atom stereocenters. The van der Waals surface area contributed by atoms with Gasteiger partial charge in [0.15, 0.2) is 0 Å². The topological polar surface area (TPSA) is 44.7 Å². The minimum absolute atomic E-state index is 0.180. The van der Waals surface area contributed by atoms with Crippen LogP contribution in [0.25, 0.3) is 0 Å². The smallest absolute Gasteiger partial charge is 0.276 e. The lowest BCUT2D eigenvalue weighted by Gasteiger charge is -2.30. The van der Waals surface area contributed by atoms with E-state index in [0.29, 0.717) is 5.69 Å². The Bertz CT molecular complexity index is 1120. The van der Waals surface area contributed by atoms with Crippen molar-refractivity contribution in [3.05, 3.63) is 102 Å². The van der Waals surface area contributed by atoms with E-state index in [1.54, 1.807) is 6.07 Å². The molecule has 0 radical (unpaired) electrons. The van der Waals surface area contributed by atoms with E-state index >= 15 is 0 Å². The maximum atomic E-state index is 12.4. The Hall–Kier alpha value is -2.37. The minimum Gasteiger partial charge on any atom is -0.322 e. The molecule has 1 N–H and O–H groups in total. The van der Waals surface area contributed by atoms with Crippen molar-refractivity contribution < 1.29 is 4.79 Å². The van der Waals surface area contributed by atoms with Crippen LogP contribution in [0.3, 0.4) is 0 Å². The number of rotatable bonds is 6. The van der Waals surface area contributed by atoms with Crippen LogP contribution in [-0.4, -0.2) is 39.4 Å². The van der Waals surface area contributed by atoms with E-state index in [-0.39, 0.29) is 6.04 Å². The molecule has 0 bridgehead atoms. The number of benzene rings is 3. The lowest BCUT2D eigenvalue weighted by molar-refractivity contribution is -0.115. The number of hydrogen-bond acceptors (Lipinski definition) is 3. The van der Waals surface area contributed by atoms with Gasteiger partial charge in [-0.05, 0) is 24.5 Å². The summed E-state index contributed by atoms with van der Waals surface area (Å²) in [6, 6.07) is 28.2. The van der Waals surface area contributed by atoms with Crippen LogP contribution in [0.4, 0.5) is 5.69 Å². The normalized spacial score (nSPS) is 15.8. The van der Waals surface area contributed by atoms with Crippen molar-refractivity contribution in [2.75, 3.05) is 18.4 Å². The lowest BCUT2D eigenvalue weighted by Crippen LogP contribution is -2.35. The number of amides is 1. The molecule has 34 heavy (non-hydrogen) atoms. The van der Waals surface area contributed by atoms with Crippen molar-refractivity contribution in [3.63, 3.8) is 0 Å². The molecule has 0 aliphatic carbocycles. The first-order valence-corrected chi connectivity index (χ1v) is 12.4. The third-order valence-electron chi connectivity index (χ3n) is 5.85. The van der Waals surface area contributed by atoms with Crippen LogP contribution < -0.4 is 5.32 Å². The molecule has 1 saturated heterocycles. The molecule has 0 saturated carbocycles. The summed E-state index contributed by atoms with van der Waals surface area (Å²) in [7, 11) is 0. The molecular weight excluding hydrogens is 489 g/mol. The number of halogens is 3.